The highest BCUT2D eigenvalue weighted by Gasteiger charge is 2.38. The lowest BCUT2D eigenvalue weighted by Gasteiger charge is -2.39. The second kappa shape index (κ2) is 9.13. The molecule has 0 saturated carbocycles. The largest absolute Gasteiger partial charge is 0.433 e. The first-order valence-electron chi connectivity index (χ1n) is 11.1. The molecule has 3 saturated heterocycles. The van der Waals surface area contributed by atoms with Crippen molar-refractivity contribution in [2.24, 2.45) is 0 Å². The molecule has 5 rings (SSSR count). The predicted molar refractivity (Wildman–Crippen MR) is 125 cm³/mol. The molecule has 4 heterocycles. The Labute approximate surface area is 199 Å². The van der Waals surface area contributed by atoms with E-state index in [1.54, 1.807) is 23.9 Å². The maximum atomic E-state index is 13.5. The lowest BCUT2D eigenvalue weighted by Crippen LogP contribution is -2.51. The van der Waals surface area contributed by atoms with Gasteiger partial charge in [0.25, 0.3) is 0 Å². The van der Waals surface area contributed by atoms with Crippen molar-refractivity contribution in [3.63, 3.8) is 0 Å². The Morgan fingerprint density at radius 2 is 1.94 bits per heavy atom. The molecule has 0 aliphatic carbocycles. The maximum Gasteiger partial charge on any atom is 0.433 e. The predicted octanol–water partition coefficient (Wildman–Crippen LogP) is 3.29. The van der Waals surface area contributed by atoms with Crippen LogP contribution in [0.3, 0.4) is 0 Å². The summed E-state index contributed by atoms with van der Waals surface area (Å²) in [5.74, 6) is 1.95. The number of aromatic nitrogens is 1. The van der Waals surface area contributed by atoms with Crippen LogP contribution in [0.4, 0.5) is 18.9 Å². The number of thioether (sulfide) groups is 1. The zero-order chi connectivity index (χ0) is 23.2. The molecule has 0 radical (unpaired) electrons. The van der Waals surface area contributed by atoms with E-state index in [-0.39, 0.29) is 23.5 Å². The quantitative estimate of drug-likeness (QED) is 0.699. The van der Waals surface area contributed by atoms with Gasteiger partial charge in [-0.05, 0) is 30.7 Å². The molecule has 6 nitrogen and oxygen atoms in total. The van der Waals surface area contributed by atoms with Gasteiger partial charge in [0.15, 0.2) is 0 Å². The summed E-state index contributed by atoms with van der Waals surface area (Å²) in [4.78, 5) is 22.8. The zero-order valence-corrected chi connectivity index (χ0v) is 19.5. The average molecular weight is 500 g/mol. The number of benzene rings is 1. The van der Waals surface area contributed by atoms with Crippen LogP contribution in [0.5, 0.6) is 0 Å². The number of pyridine rings is 1. The van der Waals surface area contributed by atoms with Crippen LogP contribution < -0.4 is 10.2 Å². The minimum atomic E-state index is -4.53. The summed E-state index contributed by atoms with van der Waals surface area (Å²) in [6.45, 7) is 4.24. The number of carbonyl (C=O) groups is 1. The van der Waals surface area contributed by atoms with Crippen molar-refractivity contribution in [3.8, 4) is 0 Å². The molecule has 0 spiro atoms. The van der Waals surface area contributed by atoms with E-state index in [0.29, 0.717) is 29.2 Å². The van der Waals surface area contributed by atoms with Gasteiger partial charge in [-0.25, -0.2) is 4.98 Å². The first kappa shape index (κ1) is 23.0. The van der Waals surface area contributed by atoms with Crippen LogP contribution in [0.25, 0.3) is 10.9 Å². The lowest BCUT2D eigenvalue weighted by molar-refractivity contribution is -0.141. The fraction of sp³-hybridized carbons (Fsp3) is 0.545. The Morgan fingerprint density at radius 1 is 1.15 bits per heavy atom. The smallest absolute Gasteiger partial charge is 0.368 e. The molecule has 33 heavy (non-hydrogen) atoms. The number of anilines is 1. The number of alkyl halides is 3. The van der Waals surface area contributed by atoms with Gasteiger partial charge in [-0.15, -0.1) is 11.8 Å². The number of hydrogen-bond acceptors (Lipinski definition) is 6. The van der Waals surface area contributed by atoms with Crippen molar-refractivity contribution < 1.29 is 18.0 Å². The van der Waals surface area contributed by atoms with Crippen LogP contribution >= 0.6 is 23.4 Å². The third-order valence-electron chi connectivity index (χ3n) is 6.68. The second-order valence-electron chi connectivity index (χ2n) is 8.70. The average Bonchev–Trinajstić information content (AvgIpc) is 3.50. The Balaban J connectivity index is 1.28. The minimum Gasteiger partial charge on any atom is -0.368 e. The highest BCUT2D eigenvalue weighted by Crippen LogP contribution is 2.36. The van der Waals surface area contributed by atoms with Crippen molar-refractivity contribution >= 4 is 45.9 Å². The monoisotopic (exact) mass is 499 g/mol. The van der Waals surface area contributed by atoms with E-state index in [1.807, 2.05) is 9.80 Å². The molecule has 3 aliphatic heterocycles. The number of hydrogen-bond donors (Lipinski definition) is 1. The Morgan fingerprint density at radius 3 is 2.64 bits per heavy atom. The van der Waals surface area contributed by atoms with Crippen LogP contribution in [-0.2, 0) is 11.0 Å². The van der Waals surface area contributed by atoms with Gasteiger partial charge in [0.05, 0.1) is 17.4 Å². The highest BCUT2D eigenvalue weighted by atomic mass is 35.5. The first-order chi connectivity index (χ1) is 15.8. The number of nitrogens with zero attached hydrogens (tertiary/aromatic N) is 4. The third kappa shape index (κ3) is 4.76. The second-order valence-corrected chi connectivity index (χ2v) is 10.2. The number of nitrogens with one attached hydrogen (secondary N) is 1. The molecule has 0 unspecified atom stereocenters. The molecule has 0 bridgehead atoms. The van der Waals surface area contributed by atoms with E-state index in [0.717, 1.165) is 50.3 Å². The summed E-state index contributed by atoms with van der Waals surface area (Å²) in [7, 11) is 0. The summed E-state index contributed by atoms with van der Waals surface area (Å²) in [6, 6.07) is 6.15. The summed E-state index contributed by atoms with van der Waals surface area (Å²) in [5.41, 5.74) is -0.125. The number of amides is 1. The molecule has 11 heteroatoms. The third-order valence-corrected chi connectivity index (χ3v) is 7.88. The van der Waals surface area contributed by atoms with Gasteiger partial charge in [-0.2, -0.15) is 13.2 Å². The fourth-order valence-electron chi connectivity index (χ4n) is 4.91. The first-order valence-corrected chi connectivity index (χ1v) is 12.6. The summed E-state index contributed by atoms with van der Waals surface area (Å²) in [6.07, 6.45) is -3.76. The zero-order valence-electron chi connectivity index (χ0n) is 17.9. The SMILES string of the molecule is O=C([C@@H]1C[C@H](N2CCN(c3cc(C(F)(F)F)nc4cc(Cl)ccc34)CC2)CN1)N1CCSC1. The lowest BCUT2D eigenvalue weighted by atomic mass is 10.1. The summed E-state index contributed by atoms with van der Waals surface area (Å²) < 4.78 is 40.4. The molecule has 178 valence electrons. The van der Waals surface area contributed by atoms with Gasteiger partial charge >= 0.3 is 6.18 Å². The molecule has 3 fully saturated rings. The molecule has 2 aromatic rings. The molecular formula is C22H25ClF3N5OS. The van der Waals surface area contributed by atoms with Crippen molar-refractivity contribution in [1.29, 1.82) is 0 Å². The van der Waals surface area contributed by atoms with Crippen molar-refractivity contribution in [2.45, 2.75) is 24.7 Å². The van der Waals surface area contributed by atoms with Crippen LogP contribution in [0.2, 0.25) is 5.02 Å². The number of fused-ring (bicyclic) bond motifs is 1. The number of carbonyl (C=O) groups excluding carboxylic acids is 1. The van der Waals surface area contributed by atoms with Crippen LogP contribution in [0.15, 0.2) is 24.3 Å². The van der Waals surface area contributed by atoms with Crippen molar-refractivity contribution in [1.82, 2.24) is 20.1 Å². The van der Waals surface area contributed by atoms with Crippen LogP contribution in [0.1, 0.15) is 12.1 Å². The van der Waals surface area contributed by atoms with Crippen molar-refractivity contribution in [3.05, 3.63) is 35.0 Å². The standard InChI is InChI=1S/C22H25ClF3N5OS/c23-14-1-2-16-17(9-14)28-20(22(24,25)26)11-19(16)30-5-3-29(4-6-30)15-10-18(27-12-15)21(32)31-7-8-33-13-31/h1-2,9,11,15,18,27H,3-8,10,12-13H2/t15-,18-/m0/s1. The molecule has 1 aromatic carbocycles. The topological polar surface area (TPSA) is 51.7 Å². The number of piperazine rings is 1. The van der Waals surface area contributed by atoms with E-state index >= 15 is 0 Å². The summed E-state index contributed by atoms with van der Waals surface area (Å²) in [5, 5.41) is 4.40. The van der Waals surface area contributed by atoms with Crippen LogP contribution in [0, 0.1) is 0 Å². The Hall–Kier alpha value is -1.75. The van der Waals surface area contributed by atoms with E-state index in [1.165, 1.54) is 6.07 Å². The van der Waals surface area contributed by atoms with E-state index < -0.39 is 11.9 Å². The van der Waals surface area contributed by atoms with E-state index in [9.17, 15) is 18.0 Å². The molecule has 1 aromatic heterocycles. The van der Waals surface area contributed by atoms with Crippen LogP contribution in [-0.4, -0.2) is 83.7 Å². The fourth-order valence-corrected chi connectivity index (χ4v) is 6.03. The highest BCUT2D eigenvalue weighted by molar-refractivity contribution is 7.99. The molecule has 3 aliphatic rings. The van der Waals surface area contributed by atoms with Gasteiger partial charge in [-0.1, -0.05) is 11.6 Å². The molecular weight excluding hydrogens is 475 g/mol. The molecule has 1 N–H and O–H groups in total. The van der Waals surface area contributed by atoms with E-state index in [2.05, 4.69) is 15.2 Å². The number of halogens is 4. The molecule has 1 amide bonds. The Bertz CT molecular complexity index is 1040. The van der Waals surface area contributed by atoms with Gasteiger partial charge in [0.1, 0.15) is 5.69 Å². The van der Waals surface area contributed by atoms with Crippen molar-refractivity contribution in [2.75, 3.05) is 55.8 Å². The van der Waals surface area contributed by atoms with E-state index in [4.69, 9.17) is 11.6 Å². The number of rotatable bonds is 3. The minimum absolute atomic E-state index is 0.144. The van der Waals surface area contributed by atoms with Gasteiger partial charge < -0.3 is 15.1 Å². The maximum absolute atomic E-state index is 13.5. The van der Waals surface area contributed by atoms with Gasteiger partial charge in [0, 0.05) is 67.2 Å². The van der Waals surface area contributed by atoms with Gasteiger partial charge in [0.2, 0.25) is 5.91 Å². The van der Waals surface area contributed by atoms with Gasteiger partial charge in [-0.3, -0.25) is 9.69 Å². The molecule has 2 atom stereocenters. The summed E-state index contributed by atoms with van der Waals surface area (Å²) >= 11 is 7.79. The Kier molecular flexibility index (Phi) is 6.37. The normalized spacial score (nSPS) is 24.7.